The van der Waals surface area contributed by atoms with E-state index in [1.54, 1.807) is 7.11 Å². The summed E-state index contributed by atoms with van der Waals surface area (Å²) in [6, 6.07) is 7.98. The van der Waals surface area contributed by atoms with E-state index in [-0.39, 0.29) is 5.92 Å². The summed E-state index contributed by atoms with van der Waals surface area (Å²) in [7, 11) is 1.65. The van der Waals surface area contributed by atoms with Gasteiger partial charge in [-0.2, -0.15) is 0 Å². The SMILES string of the molecule is CCc1cc2cc(C(=O)C3CCCCCC3)ccc2nc1OC. The van der Waals surface area contributed by atoms with Gasteiger partial charge in [0.05, 0.1) is 12.6 Å². The zero-order valence-electron chi connectivity index (χ0n) is 14.1. The first-order valence-electron chi connectivity index (χ1n) is 8.74. The Hall–Kier alpha value is -1.90. The molecule has 0 unspecified atom stereocenters. The molecule has 3 nitrogen and oxygen atoms in total. The number of ether oxygens (including phenoxy) is 1. The predicted molar refractivity (Wildman–Crippen MR) is 93.2 cm³/mol. The molecule has 23 heavy (non-hydrogen) atoms. The van der Waals surface area contributed by atoms with E-state index in [1.807, 2.05) is 18.2 Å². The maximum Gasteiger partial charge on any atom is 0.216 e. The van der Waals surface area contributed by atoms with Gasteiger partial charge in [-0.3, -0.25) is 4.79 Å². The first-order valence-corrected chi connectivity index (χ1v) is 8.74. The third kappa shape index (κ3) is 3.39. The summed E-state index contributed by atoms with van der Waals surface area (Å²) in [5.41, 5.74) is 2.80. The molecule has 1 aliphatic carbocycles. The average Bonchev–Trinajstić information content (AvgIpc) is 2.88. The van der Waals surface area contributed by atoms with Crippen LogP contribution in [0, 0.1) is 5.92 Å². The molecule has 0 N–H and O–H groups in total. The van der Waals surface area contributed by atoms with Gasteiger partial charge in [0.1, 0.15) is 0 Å². The van der Waals surface area contributed by atoms with Crippen LogP contribution in [0.4, 0.5) is 0 Å². The highest BCUT2D eigenvalue weighted by Crippen LogP contribution is 2.28. The molecule has 3 rings (SSSR count). The minimum atomic E-state index is 0.201. The van der Waals surface area contributed by atoms with E-state index < -0.39 is 0 Å². The molecule has 3 heteroatoms. The molecule has 2 aromatic rings. The number of carbonyl (C=O) groups is 1. The standard InChI is InChI=1S/C20H25NO2/c1-3-14-12-17-13-16(10-11-18(17)21-20(14)23-2)19(22)15-8-6-4-5-7-9-15/h10-13,15H,3-9H2,1-2H3. The van der Waals surface area contributed by atoms with E-state index >= 15 is 0 Å². The predicted octanol–water partition coefficient (Wildman–Crippen LogP) is 4.96. The van der Waals surface area contributed by atoms with Crippen molar-refractivity contribution in [2.24, 2.45) is 5.92 Å². The summed E-state index contributed by atoms with van der Waals surface area (Å²) >= 11 is 0. The van der Waals surface area contributed by atoms with Gasteiger partial charge in [0.15, 0.2) is 5.78 Å². The van der Waals surface area contributed by atoms with Crippen LogP contribution in [0.2, 0.25) is 0 Å². The molecule has 0 spiro atoms. The van der Waals surface area contributed by atoms with Crippen LogP contribution >= 0.6 is 0 Å². The maximum atomic E-state index is 12.8. The number of rotatable bonds is 4. The van der Waals surface area contributed by atoms with E-state index in [0.717, 1.165) is 41.3 Å². The Labute approximate surface area is 138 Å². The quantitative estimate of drug-likeness (QED) is 0.592. The molecule has 1 heterocycles. The van der Waals surface area contributed by atoms with E-state index in [1.165, 1.54) is 25.7 Å². The lowest BCUT2D eigenvalue weighted by Gasteiger charge is -2.14. The lowest BCUT2D eigenvalue weighted by atomic mass is 9.90. The van der Waals surface area contributed by atoms with E-state index in [9.17, 15) is 4.79 Å². The van der Waals surface area contributed by atoms with Crippen LogP contribution in [0.1, 0.15) is 61.4 Å². The van der Waals surface area contributed by atoms with E-state index in [0.29, 0.717) is 11.7 Å². The van der Waals surface area contributed by atoms with Gasteiger partial charge >= 0.3 is 0 Å². The minimum absolute atomic E-state index is 0.201. The summed E-state index contributed by atoms with van der Waals surface area (Å²) in [5.74, 6) is 1.19. The Kier molecular flexibility index (Phi) is 4.94. The summed E-state index contributed by atoms with van der Waals surface area (Å²) in [6.07, 6.45) is 7.85. The number of aromatic nitrogens is 1. The third-order valence-corrected chi connectivity index (χ3v) is 4.94. The highest BCUT2D eigenvalue weighted by atomic mass is 16.5. The Morgan fingerprint density at radius 3 is 2.57 bits per heavy atom. The largest absolute Gasteiger partial charge is 0.481 e. The van der Waals surface area contributed by atoms with Crippen LogP contribution in [0.3, 0.4) is 0 Å². The van der Waals surface area contributed by atoms with Crippen molar-refractivity contribution in [1.82, 2.24) is 4.98 Å². The van der Waals surface area contributed by atoms with Crippen LogP contribution in [0.25, 0.3) is 10.9 Å². The van der Waals surface area contributed by atoms with E-state index in [2.05, 4.69) is 18.0 Å². The van der Waals surface area contributed by atoms with E-state index in [4.69, 9.17) is 4.74 Å². The molecule has 0 radical (unpaired) electrons. The van der Waals surface area contributed by atoms with Gasteiger partial charge in [0.2, 0.25) is 5.88 Å². The first kappa shape index (κ1) is 16.0. The second-order valence-corrected chi connectivity index (χ2v) is 6.47. The molecular weight excluding hydrogens is 286 g/mol. The number of carbonyl (C=O) groups excluding carboxylic acids is 1. The van der Waals surface area contributed by atoms with Gasteiger partial charge in [-0.25, -0.2) is 4.98 Å². The molecule has 1 aliphatic rings. The van der Waals surface area contributed by atoms with Crippen LogP contribution < -0.4 is 4.74 Å². The molecule has 1 saturated carbocycles. The molecule has 0 atom stereocenters. The third-order valence-electron chi connectivity index (χ3n) is 4.94. The monoisotopic (exact) mass is 311 g/mol. The van der Waals surface area contributed by atoms with Crippen molar-refractivity contribution >= 4 is 16.7 Å². The molecule has 1 aromatic heterocycles. The molecule has 122 valence electrons. The number of hydrogen-bond donors (Lipinski definition) is 0. The number of ketones is 1. The number of hydrogen-bond acceptors (Lipinski definition) is 3. The molecule has 0 aliphatic heterocycles. The molecule has 0 saturated heterocycles. The summed E-state index contributed by atoms with van der Waals surface area (Å²) in [4.78, 5) is 17.4. The number of benzene rings is 1. The van der Waals surface area contributed by atoms with Crippen molar-refractivity contribution in [1.29, 1.82) is 0 Å². The van der Waals surface area contributed by atoms with Crippen LogP contribution in [0.5, 0.6) is 5.88 Å². The Morgan fingerprint density at radius 1 is 1.17 bits per heavy atom. The van der Waals surface area contributed by atoms with Crippen LogP contribution in [-0.2, 0) is 6.42 Å². The molecule has 0 bridgehead atoms. The molecule has 1 aromatic carbocycles. The van der Waals surface area contributed by atoms with Gasteiger partial charge in [0, 0.05) is 22.4 Å². The van der Waals surface area contributed by atoms with Crippen LogP contribution in [-0.4, -0.2) is 17.9 Å². The van der Waals surface area contributed by atoms with Crippen molar-refractivity contribution in [2.45, 2.75) is 51.9 Å². The number of nitrogens with zero attached hydrogens (tertiary/aromatic N) is 1. The summed E-state index contributed by atoms with van der Waals surface area (Å²) < 4.78 is 5.35. The number of fused-ring (bicyclic) bond motifs is 1. The van der Waals surface area contributed by atoms with Crippen molar-refractivity contribution < 1.29 is 9.53 Å². The zero-order valence-corrected chi connectivity index (χ0v) is 14.1. The molecular formula is C20H25NO2. The Bertz CT molecular complexity index is 700. The summed E-state index contributed by atoms with van der Waals surface area (Å²) in [6.45, 7) is 2.09. The Morgan fingerprint density at radius 2 is 1.91 bits per heavy atom. The normalized spacial score (nSPS) is 16.3. The van der Waals surface area contributed by atoms with Gasteiger partial charge in [0.25, 0.3) is 0 Å². The second-order valence-electron chi connectivity index (χ2n) is 6.47. The van der Waals surface area contributed by atoms with Crippen molar-refractivity contribution in [2.75, 3.05) is 7.11 Å². The average molecular weight is 311 g/mol. The topological polar surface area (TPSA) is 39.2 Å². The zero-order chi connectivity index (χ0) is 16.2. The van der Waals surface area contributed by atoms with Gasteiger partial charge < -0.3 is 4.74 Å². The highest BCUT2D eigenvalue weighted by Gasteiger charge is 2.21. The highest BCUT2D eigenvalue weighted by molar-refractivity contribution is 6.01. The van der Waals surface area contributed by atoms with Gasteiger partial charge in [-0.05, 0) is 43.5 Å². The number of Topliss-reactive ketones (excluding diaryl/α,β-unsaturated/α-hetero) is 1. The number of methoxy groups -OCH3 is 1. The first-order chi connectivity index (χ1) is 11.2. The smallest absolute Gasteiger partial charge is 0.216 e. The van der Waals surface area contributed by atoms with Crippen molar-refractivity contribution in [3.8, 4) is 5.88 Å². The Balaban J connectivity index is 1.93. The fourth-order valence-electron chi connectivity index (χ4n) is 3.56. The lowest BCUT2D eigenvalue weighted by molar-refractivity contribution is 0.0908. The second kappa shape index (κ2) is 7.12. The fourth-order valence-corrected chi connectivity index (χ4v) is 3.56. The lowest BCUT2D eigenvalue weighted by Crippen LogP contribution is -2.14. The number of pyridine rings is 1. The molecule has 1 fully saturated rings. The fraction of sp³-hybridized carbons (Fsp3) is 0.500. The molecule has 0 amide bonds. The van der Waals surface area contributed by atoms with Crippen molar-refractivity contribution in [3.63, 3.8) is 0 Å². The van der Waals surface area contributed by atoms with Crippen LogP contribution in [0.15, 0.2) is 24.3 Å². The van der Waals surface area contributed by atoms with Gasteiger partial charge in [-0.1, -0.05) is 32.6 Å². The van der Waals surface area contributed by atoms with Gasteiger partial charge in [-0.15, -0.1) is 0 Å². The van der Waals surface area contributed by atoms with Crippen molar-refractivity contribution in [3.05, 3.63) is 35.4 Å². The minimum Gasteiger partial charge on any atom is -0.481 e. The summed E-state index contributed by atoms with van der Waals surface area (Å²) in [5, 5.41) is 1.03. The maximum absolute atomic E-state index is 12.8. The number of aryl methyl sites for hydroxylation is 1.